The minimum atomic E-state index is -0.118. The Kier molecular flexibility index (Phi) is 4.50. The van der Waals surface area contributed by atoms with E-state index in [0.717, 1.165) is 6.42 Å². The van der Waals surface area contributed by atoms with E-state index in [1.807, 2.05) is 25.1 Å². The largest absolute Gasteiger partial charge is 0.356 e. The zero-order valence-corrected chi connectivity index (χ0v) is 8.19. The molecule has 0 aliphatic carbocycles. The molecule has 2 nitrogen and oxygen atoms in total. The molecule has 0 radical (unpaired) electrons. The molecule has 0 aliphatic heterocycles. The van der Waals surface area contributed by atoms with Crippen molar-refractivity contribution in [3.05, 3.63) is 35.9 Å². The number of hydrogen-bond acceptors (Lipinski definition) is 2. The molecule has 0 N–H and O–H groups in total. The van der Waals surface area contributed by atoms with Crippen LogP contribution in [0.15, 0.2) is 30.3 Å². The van der Waals surface area contributed by atoms with Crippen LogP contribution in [-0.2, 0) is 15.9 Å². The van der Waals surface area contributed by atoms with Gasteiger partial charge in [0.1, 0.15) is 0 Å². The first-order valence-corrected chi connectivity index (χ1v) is 4.55. The van der Waals surface area contributed by atoms with Crippen LogP contribution in [0.4, 0.5) is 0 Å². The molecule has 0 bridgehead atoms. The van der Waals surface area contributed by atoms with Crippen LogP contribution in [0.2, 0.25) is 0 Å². The molecule has 0 unspecified atom stereocenters. The molecule has 0 saturated carbocycles. The number of methoxy groups -OCH3 is 1. The molecular weight excluding hydrogens is 164 g/mol. The Bertz CT molecular complexity index is 221. The van der Waals surface area contributed by atoms with Gasteiger partial charge in [0.05, 0.1) is 0 Å². The minimum Gasteiger partial charge on any atom is -0.356 e. The second-order valence-electron chi connectivity index (χ2n) is 2.81. The van der Waals surface area contributed by atoms with Gasteiger partial charge in [-0.2, -0.15) is 0 Å². The Balaban J connectivity index is 2.46. The van der Waals surface area contributed by atoms with Crippen molar-refractivity contribution in [3.8, 4) is 0 Å². The predicted molar refractivity (Wildman–Crippen MR) is 52.6 cm³/mol. The maximum Gasteiger partial charge on any atom is 0.161 e. The first-order chi connectivity index (χ1) is 6.36. The Morgan fingerprint density at radius 1 is 1.23 bits per heavy atom. The molecule has 0 heterocycles. The molecule has 72 valence electrons. The maximum absolute atomic E-state index is 5.37. The van der Waals surface area contributed by atoms with Gasteiger partial charge < -0.3 is 9.47 Å². The fraction of sp³-hybridized carbons (Fsp3) is 0.455. The summed E-state index contributed by atoms with van der Waals surface area (Å²) in [5.41, 5.74) is 1.24. The lowest BCUT2D eigenvalue weighted by atomic mass is 10.1. The molecule has 0 aliphatic rings. The minimum absolute atomic E-state index is 0.118. The second kappa shape index (κ2) is 5.73. The third-order valence-electron chi connectivity index (χ3n) is 1.86. The summed E-state index contributed by atoms with van der Waals surface area (Å²) in [4.78, 5) is 0. The third-order valence-corrected chi connectivity index (χ3v) is 1.86. The van der Waals surface area contributed by atoms with Gasteiger partial charge in [-0.1, -0.05) is 30.3 Å². The van der Waals surface area contributed by atoms with Crippen molar-refractivity contribution in [1.82, 2.24) is 0 Å². The van der Waals surface area contributed by atoms with Crippen molar-refractivity contribution in [1.29, 1.82) is 0 Å². The molecule has 0 amide bonds. The molecule has 1 aromatic carbocycles. The number of benzene rings is 1. The molecule has 0 saturated heterocycles. The zero-order chi connectivity index (χ0) is 9.52. The lowest BCUT2D eigenvalue weighted by Crippen LogP contribution is -2.18. The van der Waals surface area contributed by atoms with E-state index in [0.29, 0.717) is 6.61 Å². The Hall–Kier alpha value is -0.860. The van der Waals surface area contributed by atoms with Crippen molar-refractivity contribution in [3.63, 3.8) is 0 Å². The average Bonchev–Trinajstić information content (AvgIpc) is 2.19. The van der Waals surface area contributed by atoms with Crippen LogP contribution in [0.3, 0.4) is 0 Å². The molecule has 0 fully saturated rings. The average molecular weight is 180 g/mol. The predicted octanol–water partition coefficient (Wildman–Crippen LogP) is 2.24. The summed E-state index contributed by atoms with van der Waals surface area (Å²) in [6, 6.07) is 10.2. The molecular formula is C11H16O2. The smallest absolute Gasteiger partial charge is 0.161 e. The molecule has 2 heteroatoms. The van der Waals surface area contributed by atoms with Gasteiger partial charge in [-0.15, -0.1) is 0 Å². The van der Waals surface area contributed by atoms with Crippen LogP contribution in [0.25, 0.3) is 0 Å². The van der Waals surface area contributed by atoms with Crippen LogP contribution in [0, 0.1) is 0 Å². The Morgan fingerprint density at radius 3 is 2.46 bits per heavy atom. The Labute approximate surface area is 79.5 Å². The van der Waals surface area contributed by atoms with E-state index in [9.17, 15) is 0 Å². The maximum atomic E-state index is 5.37. The summed E-state index contributed by atoms with van der Waals surface area (Å²) in [5, 5.41) is 0. The van der Waals surface area contributed by atoms with Gasteiger partial charge >= 0.3 is 0 Å². The first kappa shape index (κ1) is 10.2. The summed E-state index contributed by atoms with van der Waals surface area (Å²) < 4.78 is 10.5. The lowest BCUT2D eigenvalue weighted by molar-refractivity contribution is -0.118. The van der Waals surface area contributed by atoms with Crippen molar-refractivity contribution in [2.45, 2.75) is 19.6 Å². The lowest BCUT2D eigenvalue weighted by Gasteiger charge is -2.14. The third kappa shape index (κ3) is 3.57. The molecule has 0 aromatic heterocycles. The SMILES string of the molecule is CCO[C@@H](Cc1ccccc1)OC. The van der Waals surface area contributed by atoms with E-state index < -0.39 is 0 Å². The second-order valence-corrected chi connectivity index (χ2v) is 2.81. The summed E-state index contributed by atoms with van der Waals surface area (Å²) in [6.07, 6.45) is 0.693. The molecule has 0 spiro atoms. The summed E-state index contributed by atoms with van der Waals surface area (Å²) >= 11 is 0. The summed E-state index contributed by atoms with van der Waals surface area (Å²) in [7, 11) is 1.67. The molecule has 1 rings (SSSR count). The van der Waals surface area contributed by atoms with Gasteiger partial charge in [-0.05, 0) is 12.5 Å². The highest BCUT2D eigenvalue weighted by Crippen LogP contribution is 2.06. The van der Waals surface area contributed by atoms with Crippen molar-refractivity contribution in [2.75, 3.05) is 13.7 Å². The highest BCUT2D eigenvalue weighted by atomic mass is 16.7. The van der Waals surface area contributed by atoms with Gasteiger partial charge in [-0.25, -0.2) is 0 Å². The highest BCUT2D eigenvalue weighted by molar-refractivity contribution is 5.14. The van der Waals surface area contributed by atoms with E-state index in [1.54, 1.807) is 7.11 Å². The summed E-state index contributed by atoms with van der Waals surface area (Å²) in [5.74, 6) is 0. The summed E-state index contributed by atoms with van der Waals surface area (Å²) in [6.45, 7) is 2.66. The van der Waals surface area contributed by atoms with E-state index in [-0.39, 0.29) is 6.29 Å². The van der Waals surface area contributed by atoms with E-state index in [4.69, 9.17) is 9.47 Å². The monoisotopic (exact) mass is 180 g/mol. The van der Waals surface area contributed by atoms with E-state index in [2.05, 4.69) is 12.1 Å². The first-order valence-electron chi connectivity index (χ1n) is 4.55. The zero-order valence-electron chi connectivity index (χ0n) is 8.19. The van der Waals surface area contributed by atoms with Gasteiger partial charge in [0, 0.05) is 20.1 Å². The fourth-order valence-corrected chi connectivity index (χ4v) is 1.20. The topological polar surface area (TPSA) is 18.5 Å². The van der Waals surface area contributed by atoms with Crippen molar-refractivity contribution in [2.24, 2.45) is 0 Å². The quantitative estimate of drug-likeness (QED) is 0.647. The van der Waals surface area contributed by atoms with Gasteiger partial charge in [0.2, 0.25) is 0 Å². The van der Waals surface area contributed by atoms with Gasteiger partial charge in [-0.3, -0.25) is 0 Å². The highest BCUT2D eigenvalue weighted by Gasteiger charge is 2.06. The molecule has 1 aromatic rings. The van der Waals surface area contributed by atoms with Crippen LogP contribution in [-0.4, -0.2) is 20.0 Å². The number of hydrogen-bond donors (Lipinski definition) is 0. The molecule has 1 atom stereocenters. The van der Waals surface area contributed by atoms with Crippen LogP contribution < -0.4 is 0 Å². The number of ether oxygens (including phenoxy) is 2. The van der Waals surface area contributed by atoms with E-state index in [1.165, 1.54) is 5.56 Å². The fourth-order valence-electron chi connectivity index (χ4n) is 1.20. The standard InChI is InChI=1S/C11H16O2/c1-3-13-11(12-2)9-10-7-5-4-6-8-10/h4-8,11H,3,9H2,1-2H3/t11-/m0/s1. The van der Waals surface area contributed by atoms with Crippen molar-refractivity contribution < 1.29 is 9.47 Å². The van der Waals surface area contributed by atoms with Crippen molar-refractivity contribution >= 4 is 0 Å². The normalized spacial score (nSPS) is 12.8. The van der Waals surface area contributed by atoms with Crippen LogP contribution >= 0.6 is 0 Å². The Morgan fingerprint density at radius 2 is 1.92 bits per heavy atom. The van der Waals surface area contributed by atoms with Gasteiger partial charge in [0.25, 0.3) is 0 Å². The van der Waals surface area contributed by atoms with Crippen LogP contribution in [0.5, 0.6) is 0 Å². The number of rotatable bonds is 5. The van der Waals surface area contributed by atoms with Gasteiger partial charge in [0.15, 0.2) is 6.29 Å². The molecule has 13 heavy (non-hydrogen) atoms. The van der Waals surface area contributed by atoms with E-state index >= 15 is 0 Å². The van der Waals surface area contributed by atoms with Crippen LogP contribution in [0.1, 0.15) is 12.5 Å².